The van der Waals surface area contributed by atoms with Crippen LogP contribution in [0.5, 0.6) is 0 Å². The van der Waals surface area contributed by atoms with Crippen LogP contribution in [0, 0.1) is 6.92 Å². The van der Waals surface area contributed by atoms with E-state index >= 15 is 0 Å². The number of benzene rings is 2. The van der Waals surface area contributed by atoms with Crippen LogP contribution in [0.15, 0.2) is 53.4 Å². The fourth-order valence-electron chi connectivity index (χ4n) is 1.58. The van der Waals surface area contributed by atoms with Crippen molar-refractivity contribution in [3.63, 3.8) is 0 Å². The summed E-state index contributed by atoms with van der Waals surface area (Å²) in [5.74, 6) is 1.04. The number of anilines is 1. The van der Waals surface area contributed by atoms with E-state index in [0.29, 0.717) is 0 Å². The van der Waals surface area contributed by atoms with Gasteiger partial charge in [0, 0.05) is 27.9 Å². The standard InChI is InChI=1S/C15H16ClNS/c1-12-7-8-13(11-15(12)16)17-9-10-18-14-5-3-2-4-6-14/h2-8,11,17H,9-10H2,1H3. The lowest BCUT2D eigenvalue weighted by atomic mass is 10.2. The molecule has 0 aliphatic carbocycles. The van der Waals surface area contributed by atoms with Crippen LogP contribution in [0.1, 0.15) is 5.56 Å². The lowest BCUT2D eigenvalue weighted by Gasteiger charge is -2.07. The maximum atomic E-state index is 6.08. The summed E-state index contributed by atoms with van der Waals surface area (Å²) in [6.07, 6.45) is 0. The van der Waals surface area contributed by atoms with Gasteiger partial charge in [0.05, 0.1) is 0 Å². The molecule has 0 aliphatic heterocycles. The Labute approximate surface area is 118 Å². The summed E-state index contributed by atoms with van der Waals surface area (Å²) >= 11 is 7.93. The van der Waals surface area contributed by atoms with Crippen molar-refractivity contribution in [1.82, 2.24) is 0 Å². The molecule has 0 fully saturated rings. The van der Waals surface area contributed by atoms with Crippen molar-refractivity contribution in [2.75, 3.05) is 17.6 Å². The average Bonchev–Trinajstić information content (AvgIpc) is 2.40. The summed E-state index contributed by atoms with van der Waals surface area (Å²) in [7, 11) is 0. The van der Waals surface area contributed by atoms with Gasteiger partial charge < -0.3 is 5.32 Å². The van der Waals surface area contributed by atoms with Gasteiger partial charge in [-0.1, -0.05) is 35.9 Å². The maximum absolute atomic E-state index is 6.08. The Bertz CT molecular complexity index is 499. The molecule has 0 bridgehead atoms. The highest BCUT2D eigenvalue weighted by molar-refractivity contribution is 7.99. The van der Waals surface area contributed by atoms with Gasteiger partial charge in [-0.3, -0.25) is 0 Å². The van der Waals surface area contributed by atoms with Crippen LogP contribution in [0.4, 0.5) is 5.69 Å². The second-order valence-corrected chi connectivity index (χ2v) is 5.63. The van der Waals surface area contributed by atoms with Gasteiger partial charge in [0.15, 0.2) is 0 Å². The van der Waals surface area contributed by atoms with Crippen LogP contribution < -0.4 is 5.32 Å². The highest BCUT2D eigenvalue weighted by Gasteiger charge is 1.97. The van der Waals surface area contributed by atoms with Gasteiger partial charge in [-0.2, -0.15) is 0 Å². The van der Waals surface area contributed by atoms with Crippen LogP contribution >= 0.6 is 23.4 Å². The quantitative estimate of drug-likeness (QED) is 0.619. The molecular formula is C15H16ClNS. The third-order valence-electron chi connectivity index (χ3n) is 2.61. The highest BCUT2D eigenvalue weighted by atomic mass is 35.5. The van der Waals surface area contributed by atoms with E-state index in [0.717, 1.165) is 28.6 Å². The van der Waals surface area contributed by atoms with Crippen LogP contribution in [-0.2, 0) is 0 Å². The normalized spacial score (nSPS) is 10.3. The molecule has 0 atom stereocenters. The molecule has 0 saturated carbocycles. The van der Waals surface area contributed by atoms with E-state index in [9.17, 15) is 0 Å². The minimum Gasteiger partial charge on any atom is -0.384 e. The minimum absolute atomic E-state index is 0.815. The molecule has 18 heavy (non-hydrogen) atoms. The smallest absolute Gasteiger partial charge is 0.0455 e. The van der Waals surface area contributed by atoms with E-state index in [1.54, 1.807) is 0 Å². The zero-order valence-electron chi connectivity index (χ0n) is 10.3. The Kier molecular flexibility index (Phi) is 4.97. The van der Waals surface area contributed by atoms with Crippen LogP contribution in [-0.4, -0.2) is 12.3 Å². The number of hydrogen-bond donors (Lipinski definition) is 1. The van der Waals surface area contributed by atoms with E-state index in [1.807, 2.05) is 36.9 Å². The predicted molar refractivity (Wildman–Crippen MR) is 81.8 cm³/mol. The number of hydrogen-bond acceptors (Lipinski definition) is 2. The summed E-state index contributed by atoms with van der Waals surface area (Å²) in [5.41, 5.74) is 2.19. The summed E-state index contributed by atoms with van der Waals surface area (Å²) in [4.78, 5) is 1.31. The monoisotopic (exact) mass is 277 g/mol. The zero-order valence-corrected chi connectivity index (χ0v) is 11.9. The summed E-state index contributed by atoms with van der Waals surface area (Å²) in [5, 5.41) is 4.19. The predicted octanol–water partition coefficient (Wildman–Crippen LogP) is 4.85. The fourth-order valence-corrected chi connectivity index (χ4v) is 2.55. The summed E-state index contributed by atoms with van der Waals surface area (Å²) in [6.45, 7) is 2.94. The van der Waals surface area contributed by atoms with Gasteiger partial charge >= 0.3 is 0 Å². The van der Waals surface area contributed by atoms with Crippen molar-refractivity contribution >= 4 is 29.1 Å². The highest BCUT2D eigenvalue weighted by Crippen LogP contribution is 2.20. The molecule has 3 heteroatoms. The van der Waals surface area contributed by atoms with Crippen molar-refractivity contribution < 1.29 is 0 Å². The van der Waals surface area contributed by atoms with E-state index in [4.69, 9.17) is 11.6 Å². The van der Waals surface area contributed by atoms with Gasteiger partial charge in [0.1, 0.15) is 0 Å². The van der Waals surface area contributed by atoms with E-state index in [-0.39, 0.29) is 0 Å². The third kappa shape index (κ3) is 3.97. The third-order valence-corrected chi connectivity index (χ3v) is 4.04. The van der Waals surface area contributed by atoms with Crippen LogP contribution in [0.3, 0.4) is 0 Å². The van der Waals surface area contributed by atoms with Gasteiger partial charge in [-0.15, -0.1) is 11.8 Å². The van der Waals surface area contributed by atoms with Crippen molar-refractivity contribution in [2.24, 2.45) is 0 Å². The number of halogens is 1. The molecule has 1 nitrogen and oxygen atoms in total. The summed E-state index contributed by atoms with van der Waals surface area (Å²) < 4.78 is 0. The van der Waals surface area contributed by atoms with Crippen molar-refractivity contribution in [2.45, 2.75) is 11.8 Å². The second-order valence-electron chi connectivity index (χ2n) is 4.05. The fraction of sp³-hybridized carbons (Fsp3) is 0.200. The molecule has 0 aromatic heterocycles. The molecular weight excluding hydrogens is 262 g/mol. The average molecular weight is 278 g/mol. The molecule has 2 aromatic carbocycles. The largest absolute Gasteiger partial charge is 0.384 e. The molecule has 0 amide bonds. The number of rotatable bonds is 5. The Morgan fingerprint density at radius 2 is 1.89 bits per heavy atom. The van der Waals surface area contributed by atoms with Gasteiger partial charge in [0.25, 0.3) is 0 Å². The summed E-state index contributed by atoms with van der Waals surface area (Å²) in [6, 6.07) is 16.5. The van der Waals surface area contributed by atoms with E-state index < -0.39 is 0 Å². The second kappa shape index (κ2) is 6.72. The van der Waals surface area contributed by atoms with Crippen molar-refractivity contribution in [1.29, 1.82) is 0 Å². The van der Waals surface area contributed by atoms with E-state index in [2.05, 4.69) is 35.6 Å². The molecule has 0 radical (unpaired) electrons. The molecule has 0 spiro atoms. The SMILES string of the molecule is Cc1ccc(NCCSc2ccccc2)cc1Cl. The Balaban J connectivity index is 1.77. The first-order valence-electron chi connectivity index (χ1n) is 5.93. The zero-order chi connectivity index (χ0) is 12.8. The molecule has 0 aliphatic rings. The Hall–Kier alpha value is -1.12. The number of thioether (sulfide) groups is 1. The molecule has 94 valence electrons. The topological polar surface area (TPSA) is 12.0 Å². The van der Waals surface area contributed by atoms with Crippen molar-refractivity contribution in [3.8, 4) is 0 Å². The Morgan fingerprint density at radius 1 is 1.11 bits per heavy atom. The number of aryl methyl sites for hydroxylation is 1. The first kappa shape index (κ1) is 13.3. The molecule has 2 rings (SSSR count). The van der Waals surface area contributed by atoms with Gasteiger partial charge in [0.2, 0.25) is 0 Å². The maximum Gasteiger partial charge on any atom is 0.0455 e. The van der Waals surface area contributed by atoms with Gasteiger partial charge in [-0.25, -0.2) is 0 Å². The molecule has 0 saturated heterocycles. The number of nitrogens with one attached hydrogen (secondary N) is 1. The minimum atomic E-state index is 0.815. The lowest BCUT2D eigenvalue weighted by molar-refractivity contribution is 1.22. The van der Waals surface area contributed by atoms with Gasteiger partial charge in [-0.05, 0) is 36.8 Å². The first-order valence-corrected chi connectivity index (χ1v) is 7.30. The molecule has 0 heterocycles. The Morgan fingerprint density at radius 3 is 2.61 bits per heavy atom. The van der Waals surface area contributed by atoms with Crippen LogP contribution in [0.25, 0.3) is 0 Å². The van der Waals surface area contributed by atoms with Crippen LogP contribution in [0.2, 0.25) is 5.02 Å². The lowest BCUT2D eigenvalue weighted by Crippen LogP contribution is -2.03. The molecule has 0 unspecified atom stereocenters. The first-order chi connectivity index (χ1) is 8.75. The molecule has 1 N–H and O–H groups in total. The molecule has 2 aromatic rings. The van der Waals surface area contributed by atoms with E-state index in [1.165, 1.54) is 4.90 Å². The van der Waals surface area contributed by atoms with Crippen molar-refractivity contribution in [3.05, 3.63) is 59.1 Å².